The Hall–Kier alpha value is -2.46. The first-order valence-electron chi connectivity index (χ1n) is 8.92. The van der Waals surface area contributed by atoms with Gasteiger partial charge in [0.1, 0.15) is 11.5 Å². The van der Waals surface area contributed by atoms with Crippen LogP contribution in [0.15, 0.2) is 36.4 Å². The average Bonchev–Trinajstić information content (AvgIpc) is 2.61. The van der Waals surface area contributed by atoms with Crippen molar-refractivity contribution in [1.82, 2.24) is 9.80 Å². The van der Waals surface area contributed by atoms with Crippen LogP contribution in [0.25, 0.3) is 0 Å². The smallest absolute Gasteiger partial charge is 0.416 e. The van der Waals surface area contributed by atoms with Crippen LogP contribution in [0.2, 0.25) is 0 Å². The third kappa shape index (κ3) is 6.53. The fraction of sp³-hybridized carbons (Fsp3) is 0.400. The van der Waals surface area contributed by atoms with E-state index < -0.39 is 35.0 Å². The zero-order chi connectivity index (χ0) is 22.7. The molecular weight excluding hydrogens is 414 g/mol. The average molecular weight is 436 g/mol. The van der Waals surface area contributed by atoms with E-state index in [9.17, 15) is 36.6 Å². The van der Waals surface area contributed by atoms with Gasteiger partial charge in [0.05, 0.1) is 11.1 Å². The second kappa shape index (κ2) is 9.13. The van der Waals surface area contributed by atoms with Crippen LogP contribution in [0.1, 0.15) is 22.3 Å². The minimum absolute atomic E-state index is 0.212. The summed E-state index contributed by atoms with van der Waals surface area (Å²) in [5.41, 5.74) is -1.17. The molecule has 0 radical (unpaired) electrons. The van der Waals surface area contributed by atoms with Crippen LogP contribution in [0.5, 0.6) is 11.5 Å². The zero-order valence-electron chi connectivity index (χ0n) is 16.3. The van der Waals surface area contributed by atoms with Crippen molar-refractivity contribution >= 4 is 0 Å². The molecule has 10 heteroatoms. The standard InChI is InChI=1S/C20H22F6N2O2/c1-27(11-13-3-5-15(9-17(13)29)19(21,22)23)7-8-28(2)12-14-4-6-16(10-18(14)30)20(24,25)26/h3-6,9-10,29-30H,7-8,11-12H2,1-2H3. The fourth-order valence-electron chi connectivity index (χ4n) is 2.83. The number of benzene rings is 2. The molecule has 0 saturated heterocycles. The first-order valence-corrected chi connectivity index (χ1v) is 8.92. The molecule has 0 aliphatic heterocycles. The molecule has 0 saturated carbocycles. The highest BCUT2D eigenvalue weighted by molar-refractivity contribution is 5.38. The molecule has 4 nitrogen and oxygen atoms in total. The van der Waals surface area contributed by atoms with Crippen molar-refractivity contribution in [2.24, 2.45) is 0 Å². The minimum Gasteiger partial charge on any atom is -0.508 e. The molecule has 0 aliphatic carbocycles. The number of nitrogens with zero attached hydrogens (tertiary/aromatic N) is 2. The summed E-state index contributed by atoms with van der Waals surface area (Å²) in [6.07, 6.45) is -9.07. The zero-order valence-corrected chi connectivity index (χ0v) is 16.3. The highest BCUT2D eigenvalue weighted by Gasteiger charge is 2.32. The van der Waals surface area contributed by atoms with Gasteiger partial charge in [-0.3, -0.25) is 0 Å². The Kier molecular flexibility index (Phi) is 7.25. The predicted molar refractivity (Wildman–Crippen MR) is 98.9 cm³/mol. The van der Waals surface area contributed by atoms with Crippen LogP contribution in [0.4, 0.5) is 26.3 Å². The third-order valence-corrected chi connectivity index (χ3v) is 4.57. The van der Waals surface area contributed by atoms with Crippen molar-refractivity contribution in [3.8, 4) is 11.5 Å². The van der Waals surface area contributed by atoms with Crippen LogP contribution in [0.3, 0.4) is 0 Å². The lowest BCUT2D eigenvalue weighted by molar-refractivity contribution is -0.138. The summed E-state index contributed by atoms with van der Waals surface area (Å²) in [6.45, 7) is 1.36. The summed E-state index contributed by atoms with van der Waals surface area (Å²) >= 11 is 0. The van der Waals surface area contributed by atoms with Gasteiger partial charge in [-0.2, -0.15) is 26.3 Å². The number of halogens is 6. The van der Waals surface area contributed by atoms with Crippen molar-refractivity contribution in [3.63, 3.8) is 0 Å². The number of alkyl halides is 6. The molecule has 2 aromatic rings. The maximum Gasteiger partial charge on any atom is 0.416 e. The number of aromatic hydroxyl groups is 2. The normalized spacial score (nSPS) is 12.7. The Morgan fingerprint density at radius 2 is 1.00 bits per heavy atom. The van der Waals surface area contributed by atoms with Crippen LogP contribution < -0.4 is 0 Å². The lowest BCUT2D eigenvalue weighted by Gasteiger charge is -2.23. The van der Waals surface area contributed by atoms with E-state index in [-0.39, 0.29) is 13.1 Å². The molecule has 0 aliphatic rings. The van der Waals surface area contributed by atoms with E-state index in [1.165, 1.54) is 12.1 Å². The summed E-state index contributed by atoms with van der Waals surface area (Å²) in [6, 6.07) is 5.62. The SMILES string of the molecule is CN(CCN(C)Cc1ccc(C(F)(F)F)cc1O)Cc1ccc(C(F)(F)F)cc1O. The maximum atomic E-state index is 12.7. The van der Waals surface area contributed by atoms with Gasteiger partial charge in [0.15, 0.2) is 0 Å². The number of phenols is 2. The summed E-state index contributed by atoms with van der Waals surface area (Å²) in [7, 11) is 3.45. The number of hydrogen-bond acceptors (Lipinski definition) is 4. The largest absolute Gasteiger partial charge is 0.508 e. The lowest BCUT2D eigenvalue weighted by Crippen LogP contribution is -2.30. The lowest BCUT2D eigenvalue weighted by atomic mass is 10.1. The molecule has 0 aromatic heterocycles. The second-order valence-electron chi connectivity index (χ2n) is 7.16. The van der Waals surface area contributed by atoms with Crippen molar-refractivity contribution in [3.05, 3.63) is 58.7 Å². The van der Waals surface area contributed by atoms with Gasteiger partial charge in [0, 0.05) is 37.3 Å². The Morgan fingerprint density at radius 3 is 1.27 bits per heavy atom. The number of likely N-dealkylation sites (N-methyl/N-ethyl adjacent to an activating group) is 2. The molecule has 166 valence electrons. The third-order valence-electron chi connectivity index (χ3n) is 4.57. The Morgan fingerprint density at radius 1 is 0.667 bits per heavy atom. The molecule has 2 N–H and O–H groups in total. The van der Waals surface area contributed by atoms with Gasteiger partial charge in [0.25, 0.3) is 0 Å². The predicted octanol–water partition coefficient (Wildman–Crippen LogP) is 4.70. The van der Waals surface area contributed by atoms with Gasteiger partial charge in [-0.1, -0.05) is 12.1 Å². The molecular formula is C20H22F6N2O2. The summed E-state index contributed by atoms with van der Waals surface area (Å²) in [5, 5.41) is 19.7. The molecule has 2 rings (SSSR count). The van der Waals surface area contributed by atoms with Crippen molar-refractivity contribution in [2.75, 3.05) is 27.2 Å². The van der Waals surface area contributed by atoms with Crippen LogP contribution in [-0.4, -0.2) is 47.2 Å². The molecule has 0 atom stereocenters. The van der Waals surface area contributed by atoms with E-state index in [1.54, 1.807) is 23.9 Å². The highest BCUT2D eigenvalue weighted by Crippen LogP contribution is 2.34. The summed E-state index contributed by atoms with van der Waals surface area (Å²) in [5.74, 6) is -0.889. The first kappa shape index (κ1) is 23.8. The number of phenolic OH excluding ortho intramolecular Hbond substituents is 2. The van der Waals surface area contributed by atoms with Gasteiger partial charge in [-0.25, -0.2) is 0 Å². The molecule has 30 heavy (non-hydrogen) atoms. The van der Waals surface area contributed by atoms with Crippen molar-refractivity contribution in [2.45, 2.75) is 25.4 Å². The Bertz CT molecular complexity index is 796. The number of rotatable bonds is 7. The molecule has 0 bridgehead atoms. The van der Waals surface area contributed by atoms with Gasteiger partial charge in [-0.15, -0.1) is 0 Å². The molecule has 2 aromatic carbocycles. The van der Waals surface area contributed by atoms with Crippen LogP contribution in [-0.2, 0) is 25.4 Å². The van der Waals surface area contributed by atoms with E-state index >= 15 is 0 Å². The second-order valence-corrected chi connectivity index (χ2v) is 7.16. The van der Waals surface area contributed by atoms with E-state index in [2.05, 4.69) is 0 Å². The first-order chi connectivity index (χ1) is 13.8. The van der Waals surface area contributed by atoms with E-state index in [0.717, 1.165) is 12.1 Å². The molecule has 0 heterocycles. The van der Waals surface area contributed by atoms with Gasteiger partial charge in [0.2, 0.25) is 0 Å². The van der Waals surface area contributed by atoms with Crippen molar-refractivity contribution in [1.29, 1.82) is 0 Å². The van der Waals surface area contributed by atoms with Crippen LogP contribution >= 0.6 is 0 Å². The minimum atomic E-state index is -4.53. The van der Waals surface area contributed by atoms with E-state index in [4.69, 9.17) is 0 Å². The monoisotopic (exact) mass is 436 g/mol. The van der Waals surface area contributed by atoms with Gasteiger partial charge >= 0.3 is 12.4 Å². The molecule has 0 unspecified atom stereocenters. The fourth-order valence-corrected chi connectivity index (χ4v) is 2.83. The Labute approximate surface area is 170 Å². The maximum absolute atomic E-state index is 12.7. The summed E-state index contributed by atoms with van der Waals surface area (Å²) in [4.78, 5) is 3.57. The van der Waals surface area contributed by atoms with Crippen molar-refractivity contribution < 1.29 is 36.6 Å². The quantitative estimate of drug-likeness (QED) is 0.618. The Balaban J connectivity index is 1.90. The van der Waals surface area contributed by atoms with E-state index in [0.29, 0.717) is 36.3 Å². The topological polar surface area (TPSA) is 46.9 Å². The number of hydrogen-bond donors (Lipinski definition) is 2. The molecule has 0 amide bonds. The van der Waals surface area contributed by atoms with Crippen LogP contribution in [0, 0.1) is 0 Å². The molecule has 0 fully saturated rings. The summed E-state index contributed by atoms with van der Waals surface area (Å²) < 4.78 is 76.0. The highest BCUT2D eigenvalue weighted by atomic mass is 19.4. The van der Waals surface area contributed by atoms with Gasteiger partial charge in [-0.05, 0) is 38.4 Å². The molecule has 0 spiro atoms. The van der Waals surface area contributed by atoms with Gasteiger partial charge < -0.3 is 20.0 Å². The van der Waals surface area contributed by atoms with E-state index in [1.807, 2.05) is 0 Å².